The normalized spacial score (nSPS) is 24.5. The topological polar surface area (TPSA) is 63.3 Å². The Kier molecular flexibility index (Phi) is 3.42. The molecule has 0 unspecified atom stereocenters. The summed E-state index contributed by atoms with van der Waals surface area (Å²) in [6.07, 6.45) is 0.807. The van der Waals surface area contributed by atoms with Gasteiger partial charge in [0.15, 0.2) is 0 Å². The van der Waals surface area contributed by atoms with Gasteiger partial charge in [0.1, 0.15) is 6.04 Å². The Bertz CT molecular complexity index is 211. The number of halogens is 2. The van der Waals surface area contributed by atoms with Crippen molar-refractivity contribution in [1.29, 1.82) is 0 Å². The van der Waals surface area contributed by atoms with Crippen molar-refractivity contribution in [2.24, 2.45) is 11.7 Å². The lowest BCUT2D eigenvalue weighted by molar-refractivity contribution is -0.139. The van der Waals surface area contributed by atoms with Gasteiger partial charge in [0, 0.05) is 12.8 Å². The summed E-state index contributed by atoms with van der Waals surface area (Å²) in [6, 6.07) is -0.910. The largest absolute Gasteiger partial charge is 0.480 e. The summed E-state index contributed by atoms with van der Waals surface area (Å²) in [4.78, 5) is 10.4. The predicted molar refractivity (Wildman–Crippen MR) is 47.1 cm³/mol. The van der Waals surface area contributed by atoms with Crippen LogP contribution in [0.25, 0.3) is 0 Å². The maximum Gasteiger partial charge on any atom is 0.320 e. The number of alkyl halides is 2. The highest BCUT2D eigenvalue weighted by Crippen LogP contribution is 2.37. The van der Waals surface area contributed by atoms with Gasteiger partial charge in [0.2, 0.25) is 5.92 Å². The first-order valence-corrected chi connectivity index (χ1v) is 4.77. The Morgan fingerprint density at radius 3 is 2.43 bits per heavy atom. The minimum atomic E-state index is -2.55. The molecule has 1 saturated carbocycles. The lowest BCUT2D eigenvalue weighted by atomic mass is 9.83. The highest BCUT2D eigenvalue weighted by atomic mass is 19.3. The van der Waals surface area contributed by atoms with E-state index in [-0.39, 0.29) is 18.8 Å². The maximum absolute atomic E-state index is 12.7. The lowest BCUT2D eigenvalue weighted by Gasteiger charge is -2.28. The van der Waals surface area contributed by atoms with Crippen LogP contribution in [0.5, 0.6) is 0 Å². The molecule has 1 aliphatic carbocycles. The summed E-state index contributed by atoms with van der Waals surface area (Å²) in [5, 5.41) is 8.54. The van der Waals surface area contributed by atoms with Gasteiger partial charge < -0.3 is 10.8 Å². The molecule has 1 aliphatic rings. The fraction of sp³-hybridized carbons (Fsp3) is 0.889. The van der Waals surface area contributed by atoms with Crippen LogP contribution in [0.3, 0.4) is 0 Å². The van der Waals surface area contributed by atoms with Gasteiger partial charge in [-0.3, -0.25) is 4.79 Å². The molecule has 5 heteroatoms. The van der Waals surface area contributed by atoms with Crippen molar-refractivity contribution < 1.29 is 18.7 Å². The fourth-order valence-corrected chi connectivity index (χ4v) is 1.80. The van der Waals surface area contributed by atoms with Gasteiger partial charge in [0.05, 0.1) is 0 Å². The molecular weight excluding hydrogens is 192 g/mol. The molecule has 82 valence electrons. The molecule has 3 N–H and O–H groups in total. The van der Waals surface area contributed by atoms with Crippen LogP contribution in [0.2, 0.25) is 0 Å². The Hall–Kier alpha value is -0.710. The monoisotopic (exact) mass is 207 g/mol. The first-order valence-electron chi connectivity index (χ1n) is 4.77. The third-order valence-corrected chi connectivity index (χ3v) is 2.74. The zero-order valence-electron chi connectivity index (χ0n) is 7.88. The van der Waals surface area contributed by atoms with E-state index in [1.54, 1.807) is 0 Å². The number of carboxylic acids is 1. The second kappa shape index (κ2) is 4.21. The molecule has 0 saturated heterocycles. The van der Waals surface area contributed by atoms with Crippen LogP contribution < -0.4 is 5.73 Å². The van der Waals surface area contributed by atoms with Gasteiger partial charge in [0.25, 0.3) is 0 Å². The van der Waals surface area contributed by atoms with Gasteiger partial charge in [-0.1, -0.05) is 0 Å². The van der Waals surface area contributed by atoms with Crippen molar-refractivity contribution in [3.63, 3.8) is 0 Å². The van der Waals surface area contributed by atoms with Crippen molar-refractivity contribution in [2.45, 2.75) is 44.1 Å². The predicted octanol–water partition coefficient (Wildman–Crippen LogP) is 1.61. The molecule has 0 spiro atoms. The fourth-order valence-electron chi connectivity index (χ4n) is 1.80. The van der Waals surface area contributed by atoms with Crippen LogP contribution in [-0.4, -0.2) is 23.0 Å². The van der Waals surface area contributed by atoms with Crippen LogP contribution in [0, 0.1) is 5.92 Å². The van der Waals surface area contributed by atoms with Gasteiger partial charge in [-0.25, -0.2) is 8.78 Å². The van der Waals surface area contributed by atoms with Crippen molar-refractivity contribution in [3.05, 3.63) is 0 Å². The van der Waals surface area contributed by atoms with E-state index in [4.69, 9.17) is 10.8 Å². The van der Waals surface area contributed by atoms with E-state index in [0.717, 1.165) is 0 Å². The second-order valence-corrected chi connectivity index (χ2v) is 3.98. The van der Waals surface area contributed by atoms with E-state index >= 15 is 0 Å². The molecule has 0 radical (unpaired) electrons. The minimum Gasteiger partial charge on any atom is -0.480 e. The van der Waals surface area contributed by atoms with E-state index in [9.17, 15) is 13.6 Å². The Morgan fingerprint density at radius 1 is 1.50 bits per heavy atom. The maximum atomic E-state index is 12.7. The molecule has 1 atom stereocenters. The Balaban J connectivity index is 2.32. The van der Waals surface area contributed by atoms with E-state index in [2.05, 4.69) is 0 Å². The Morgan fingerprint density at radius 2 is 2.00 bits per heavy atom. The zero-order valence-corrected chi connectivity index (χ0v) is 7.88. The first-order chi connectivity index (χ1) is 6.41. The van der Waals surface area contributed by atoms with E-state index in [1.165, 1.54) is 0 Å². The Labute approximate surface area is 81.3 Å². The summed E-state index contributed by atoms with van der Waals surface area (Å²) >= 11 is 0. The minimum absolute atomic E-state index is 0.0423. The average molecular weight is 207 g/mol. The van der Waals surface area contributed by atoms with Crippen LogP contribution >= 0.6 is 0 Å². The highest BCUT2D eigenvalue weighted by Gasteiger charge is 2.35. The van der Waals surface area contributed by atoms with Gasteiger partial charge >= 0.3 is 5.97 Å². The molecule has 0 aromatic carbocycles. The molecule has 0 amide bonds. The molecule has 1 rings (SSSR count). The number of hydrogen-bond donors (Lipinski definition) is 2. The molecule has 0 aliphatic heterocycles. The quantitative estimate of drug-likeness (QED) is 0.739. The van der Waals surface area contributed by atoms with Crippen molar-refractivity contribution in [2.75, 3.05) is 0 Å². The summed E-state index contributed by atoms with van der Waals surface area (Å²) in [5.41, 5.74) is 5.33. The third kappa shape index (κ3) is 3.21. The molecule has 14 heavy (non-hydrogen) atoms. The molecule has 0 bridgehead atoms. The summed E-state index contributed by atoms with van der Waals surface area (Å²) in [7, 11) is 0. The number of aliphatic carboxylic acids is 1. The van der Waals surface area contributed by atoms with Gasteiger partial charge in [-0.05, 0) is 25.2 Å². The highest BCUT2D eigenvalue weighted by molar-refractivity contribution is 5.73. The molecule has 0 aromatic rings. The number of rotatable bonds is 3. The smallest absolute Gasteiger partial charge is 0.320 e. The summed E-state index contributed by atoms with van der Waals surface area (Å²) in [5.74, 6) is -3.56. The number of carboxylic acid groups (broad SMARTS) is 1. The molecule has 0 aromatic heterocycles. The van der Waals surface area contributed by atoms with Crippen LogP contribution in [0.4, 0.5) is 8.78 Å². The second-order valence-electron chi connectivity index (χ2n) is 3.98. The third-order valence-electron chi connectivity index (χ3n) is 2.74. The molecule has 0 heterocycles. The van der Waals surface area contributed by atoms with E-state index < -0.39 is 17.9 Å². The van der Waals surface area contributed by atoms with Crippen LogP contribution in [0.1, 0.15) is 32.1 Å². The first kappa shape index (κ1) is 11.4. The van der Waals surface area contributed by atoms with E-state index in [0.29, 0.717) is 19.3 Å². The number of nitrogens with two attached hydrogens (primary N) is 1. The SMILES string of the molecule is N[C@H](CC1CCC(F)(F)CC1)C(=O)O. The zero-order chi connectivity index (χ0) is 10.8. The van der Waals surface area contributed by atoms with Gasteiger partial charge in [-0.2, -0.15) is 0 Å². The van der Waals surface area contributed by atoms with Crippen molar-refractivity contribution in [3.8, 4) is 0 Å². The standard InChI is InChI=1S/C9H15F2NO2/c10-9(11)3-1-6(2-4-9)5-7(12)8(13)14/h6-7H,1-5,12H2,(H,13,14)/t7-/m1/s1. The van der Waals surface area contributed by atoms with Crippen LogP contribution in [-0.2, 0) is 4.79 Å². The lowest BCUT2D eigenvalue weighted by Crippen LogP contribution is -2.34. The summed E-state index contributed by atoms with van der Waals surface area (Å²) < 4.78 is 25.5. The van der Waals surface area contributed by atoms with Crippen molar-refractivity contribution >= 4 is 5.97 Å². The molecular formula is C9H15F2NO2. The van der Waals surface area contributed by atoms with Gasteiger partial charge in [-0.15, -0.1) is 0 Å². The van der Waals surface area contributed by atoms with Crippen molar-refractivity contribution in [1.82, 2.24) is 0 Å². The molecule has 3 nitrogen and oxygen atoms in total. The average Bonchev–Trinajstić information content (AvgIpc) is 2.08. The number of hydrogen-bond acceptors (Lipinski definition) is 2. The summed E-state index contributed by atoms with van der Waals surface area (Å²) in [6.45, 7) is 0. The van der Waals surface area contributed by atoms with Crippen LogP contribution in [0.15, 0.2) is 0 Å². The molecule has 1 fully saturated rings. The number of carbonyl (C=O) groups is 1. The van der Waals surface area contributed by atoms with E-state index in [1.807, 2.05) is 0 Å².